The van der Waals surface area contributed by atoms with Crippen LogP contribution in [0.3, 0.4) is 0 Å². The molecule has 0 aromatic rings. The minimum absolute atomic E-state index is 0.352. The summed E-state index contributed by atoms with van der Waals surface area (Å²) < 4.78 is 0. The molecule has 1 aliphatic heterocycles. The standard InChI is InChI=1S/C13H22N2O3S/c1-14-11(16)12(17)15(13(14)18)9-7-5-3-2-4-6-8-10-19/h19H,2-10H2,1H3. The molecule has 0 unspecified atom stereocenters. The van der Waals surface area contributed by atoms with Crippen LogP contribution in [-0.2, 0) is 9.59 Å². The van der Waals surface area contributed by atoms with E-state index in [-0.39, 0.29) is 0 Å². The fraction of sp³-hybridized carbons (Fsp3) is 0.769. The molecule has 4 amide bonds. The molecule has 1 aliphatic rings. The second kappa shape index (κ2) is 8.19. The third kappa shape index (κ3) is 4.53. The summed E-state index contributed by atoms with van der Waals surface area (Å²) in [6, 6.07) is -0.497. The fourth-order valence-electron chi connectivity index (χ4n) is 2.08. The maximum Gasteiger partial charge on any atom is 0.333 e. The van der Waals surface area contributed by atoms with Crippen molar-refractivity contribution in [2.75, 3.05) is 19.3 Å². The van der Waals surface area contributed by atoms with Crippen LogP contribution < -0.4 is 0 Å². The number of amides is 4. The highest BCUT2D eigenvalue weighted by molar-refractivity contribution is 7.80. The maximum atomic E-state index is 11.6. The van der Waals surface area contributed by atoms with Crippen molar-refractivity contribution in [2.24, 2.45) is 0 Å². The van der Waals surface area contributed by atoms with E-state index < -0.39 is 17.8 Å². The molecule has 6 heteroatoms. The van der Waals surface area contributed by atoms with E-state index in [1.165, 1.54) is 26.3 Å². The summed E-state index contributed by atoms with van der Waals surface area (Å²) in [6.07, 6.45) is 7.62. The van der Waals surface area contributed by atoms with E-state index in [1.54, 1.807) is 0 Å². The van der Waals surface area contributed by atoms with Crippen molar-refractivity contribution in [3.05, 3.63) is 0 Å². The molecule has 1 fully saturated rings. The van der Waals surface area contributed by atoms with Crippen LogP contribution in [0.4, 0.5) is 4.79 Å². The molecule has 0 atom stereocenters. The molecule has 0 saturated carbocycles. The van der Waals surface area contributed by atoms with Crippen LogP contribution in [0.2, 0.25) is 0 Å². The lowest BCUT2D eigenvalue weighted by molar-refractivity contribution is -0.142. The lowest BCUT2D eigenvalue weighted by atomic mass is 10.1. The zero-order chi connectivity index (χ0) is 14.3. The van der Waals surface area contributed by atoms with Crippen LogP contribution in [-0.4, -0.2) is 47.0 Å². The van der Waals surface area contributed by atoms with E-state index in [4.69, 9.17) is 0 Å². The van der Waals surface area contributed by atoms with Gasteiger partial charge in [0, 0.05) is 13.6 Å². The topological polar surface area (TPSA) is 57.7 Å². The first kappa shape index (κ1) is 16.0. The minimum atomic E-state index is -0.725. The number of urea groups is 1. The number of carbonyl (C=O) groups excluding carboxylic acids is 3. The number of unbranched alkanes of at least 4 members (excludes halogenated alkanes) is 6. The number of hydrogen-bond acceptors (Lipinski definition) is 4. The highest BCUT2D eigenvalue weighted by Crippen LogP contribution is 2.12. The highest BCUT2D eigenvalue weighted by Gasteiger charge is 2.41. The van der Waals surface area contributed by atoms with Gasteiger partial charge in [0.25, 0.3) is 0 Å². The molecule has 1 rings (SSSR count). The summed E-state index contributed by atoms with van der Waals surface area (Å²) in [5, 5.41) is 0. The SMILES string of the molecule is CN1C(=O)C(=O)N(CCCCCCCCCS)C1=O. The van der Waals surface area contributed by atoms with Crippen LogP contribution >= 0.6 is 12.6 Å². The van der Waals surface area contributed by atoms with Crippen LogP contribution in [0.25, 0.3) is 0 Å². The van der Waals surface area contributed by atoms with Gasteiger partial charge < -0.3 is 0 Å². The molecule has 108 valence electrons. The number of carbonyl (C=O) groups is 3. The molecule has 0 radical (unpaired) electrons. The molecule has 1 saturated heterocycles. The molecule has 19 heavy (non-hydrogen) atoms. The first-order valence-corrected chi connectivity index (χ1v) is 7.47. The van der Waals surface area contributed by atoms with Crippen molar-refractivity contribution < 1.29 is 14.4 Å². The average molecular weight is 286 g/mol. The molecule has 0 N–H and O–H groups in total. The Morgan fingerprint density at radius 3 is 1.84 bits per heavy atom. The lowest BCUT2D eigenvalue weighted by Gasteiger charge is -2.12. The number of hydrogen-bond donors (Lipinski definition) is 1. The minimum Gasteiger partial charge on any atom is -0.263 e. The first-order valence-electron chi connectivity index (χ1n) is 6.84. The Hall–Kier alpha value is -1.04. The van der Waals surface area contributed by atoms with E-state index in [1.807, 2.05) is 0 Å². The lowest BCUT2D eigenvalue weighted by Crippen LogP contribution is -2.32. The Morgan fingerprint density at radius 1 is 0.842 bits per heavy atom. The zero-order valence-electron chi connectivity index (χ0n) is 11.4. The van der Waals surface area contributed by atoms with Crippen molar-refractivity contribution in [3.8, 4) is 0 Å². The number of imide groups is 2. The Kier molecular flexibility index (Phi) is 6.91. The second-order valence-electron chi connectivity index (χ2n) is 4.80. The third-order valence-corrected chi connectivity index (χ3v) is 3.61. The Balaban J connectivity index is 2.11. The normalized spacial score (nSPS) is 15.8. The van der Waals surface area contributed by atoms with E-state index in [0.717, 1.165) is 41.2 Å². The largest absolute Gasteiger partial charge is 0.333 e. The van der Waals surface area contributed by atoms with Gasteiger partial charge in [-0.25, -0.2) is 4.79 Å². The van der Waals surface area contributed by atoms with Crippen molar-refractivity contribution in [1.29, 1.82) is 0 Å². The van der Waals surface area contributed by atoms with Crippen LogP contribution in [0.15, 0.2) is 0 Å². The summed E-state index contributed by atoms with van der Waals surface area (Å²) >= 11 is 4.16. The predicted octanol–water partition coefficient (Wildman–Crippen LogP) is 2.07. The molecule has 0 bridgehead atoms. The summed E-state index contributed by atoms with van der Waals surface area (Å²) in [5.41, 5.74) is 0. The monoisotopic (exact) mass is 286 g/mol. The molecule has 0 aliphatic carbocycles. The molecule has 0 spiro atoms. The van der Waals surface area contributed by atoms with Gasteiger partial charge in [0.2, 0.25) is 0 Å². The van der Waals surface area contributed by atoms with Gasteiger partial charge in [-0.05, 0) is 18.6 Å². The molecule has 1 heterocycles. The molecule has 0 aromatic heterocycles. The van der Waals surface area contributed by atoms with Gasteiger partial charge in [-0.3, -0.25) is 19.4 Å². The Morgan fingerprint density at radius 2 is 1.37 bits per heavy atom. The summed E-state index contributed by atoms with van der Waals surface area (Å²) in [7, 11) is 1.34. The van der Waals surface area contributed by atoms with E-state index >= 15 is 0 Å². The number of likely N-dealkylation sites (N-methyl/N-ethyl adjacent to an activating group) is 1. The third-order valence-electron chi connectivity index (χ3n) is 3.29. The second-order valence-corrected chi connectivity index (χ2v) is 5.25. The van der Waals surface area contributed by atoms with Crippen LogP contribution in [0.5, 0.6) is 0 Å². The van der Waals surface area contributed by atoms with Crippen molar-refractivity contribution in [2.45, 2.75) is 44.9 Å². The van der Waals surface area contributed by atoms with E-state index in [0.29, 0.717) is 6.54 Å². The van der Waals surface area contributed by atoms with Gasteiger partial charge in [-0.1, -0.05) is 32.1 Å². The van der Waals surface area contributed by atoms with Gasteiger partial charge in [-0.15, -0.1) is 0 Å². The smallest absolute Gasteiger partial charge is 0.263 e. The number of rotatable bonds is 9. The summed E-state index contributed by atoms with van der Waals surface area (Å²) in [4.78, 5) is 36.2. The molecule has 5 nitrogen and oxygen atoms in total. The quantitative estimate of drug-likeness (QED) is 0.305. The Bertz CT molecular complexity index is 347. The van der Waals surface area contributed by atoms with Crippen LogP contribution in [0.1, 0.15) is 44.9 Å². The van der Waals surface area contributed by atoms with Gasteiger partial charge in [0.05, 0.1) is 0 Å². The average Bonchev–Trinajstić information content (AvgIpc) is 2.59. The maximum absolute atomic E-state index is 11.6. The van der Waals surface area contributed by atoms with Crippen LogP contribution in [0, 0.1) is 0 Å². The summed E-state index contributed by atoms with van der Waals surface area (Å²) in [5.74, 6) is -0.473. The zero-order valence-corrected chi connectivity index (χ0v) is 12.3. The van der Waals surface area contributed by atoms with Crippen molar-refractivity contribution in [1.82, 2.24) is 9.80 Å². The van der Waals surface area contributed by atoms with Gasteiger partial charge >= 0.3 is 17.8 Å². The number of nitrogens with zero attached hydrogens (tertiary/aromatic N) is 2. The van der Waals surface area contributed by atoms with Gasteiger partial charge in [0.15, 0.2) is 0 Å². The fourth-order valence-corrected chi connectivity index (χ4v) is 2.30. The predicted molar refractivity (Wildman–Crippen MR) is 76.1 cm³/mol. The van der Waals surface area contributed by atoms with E-state index in [2.05, 4.69) is 12.6 Å². The highest BCUT2D eigenvalue weighted by atomic mass is 32.1. The van der Waals surface area contributed by atoms with Crippen molar-refractivity contribution in [3.63, 3.8) is 0 Å². The summed E-state index contributed by atoms with van der Waals surface area (Å²) in [6.45, 7) is 0.352. The molecular weight excluding hydrogens is 264 g/mol. The number of thiol groups is 1. The van der Waals surface area contributed by atoms with E-state index in [9.17, 15) is 14.4 Å². The van der Waals surface area contributed by atoms with Crippen molar-refractivity contribution >= 4 is 30.5 Å². The molecular formula is C13H22N2O3S. The van der Waals surface area contributed by atoms with Gasteiger partial charge in [0.1, 0.15) is 0 Å². The van der Waals surface area contributed by atoms with Gasteiger partial charge in [-0.2, -0.15) is 12.6 Å². The first-order chi connectivity index (χ1) is 9.09. The molecule has 0 aromatic carbocycles. The Labute approximate surface area is 119 Å².